The van der Waals surface area contributed by atoms with Crippen molar-refractivity contribution in [2.24, 2.45) is 0 Å². The smallest absolute Gasteiger partial charge is 0.0541 e. The van der Waals surface area contributed by atoms with Crippen molar-refractivity contribution >= 4 is 81.1 Å². The minimum absolute atomic E-state index is 1.10. The quantitative estimate of drug-likeness (QED) is 0.166. The Labute approximate surface area is 323 Å². The second-order valence-corrected chi connectivity index (χ2v) is 15.3. The molecular weight excluding hydrogens is 685 g/mol. The van der Waals surface area contributed by atoms with Crippen LogP contribution in [0.3, 0.4) is 0 Å². The fourth-order valence-electron chi connectivity index (χ4n) is 8.28. The van der Waals surface area contributed by atoms with Gasteiger partial charge in [-0.15, -0.1) is 11.3 Å². The lowest BCUT2D eigenvalue weighted by atomic mass is 10.0. The fraction of sp³-hybridized carbons (Fsp3) is 0. The number of fused-ring (bicyclic) bond motifs is 7. The van der Waals surface area contributed by atoms with E-state index in [1.807, 2.05) is 11.3 Å². The molecule has 0 aliphatic carbocycles. The minimum Gasteiger partial charge on any atom is -0.311 e. The van der Waals surface area contributed by atoms with Crippen LogP contribution in [0.5, 0.6) is 0 Å². The Morgan fingerprint density at radius 2 is 0.800 bits per heavy atom. The van der Waals surface area contributed by atoms with Crippen LogP contribution in [0.4, 0.5) is 17.1 Å². The summed E-state index contributed by atoms with van der Waals surface area (Å²) in [6, 6.07) is 75.2. The molecule has 0 saturated heterocycles. The lowest BCUT2D eigenvalue weighted by molar-refractivity contribution is 1.17. The minimum atomic E-state index is 1.10. The summed E-state index contributed by atoms with van der Waals surface area (Å²) in [7, 11) is 0. The molecule has 0 aliphatic rings. The highest BCUT2D eigenvalue weighted by Gasteiger charge is 2.16. The first-order chi connectivity index (χ1) is 27.2. The van der Waals surface area contributed by atoms with Gasteiger partial charge in [-0.25, -0.2) is 0 Å². The van der Waals surface area contributed by atoms with Gasteiger partial charge >= 0.3 is 0 Å². The average Bonchev–Trinajstić information content (AvgIpc) is 3.80. The molecule has 0 aliphatic heterocycles. The van der Waals surface area contributed by atoms with Crippen LogP contribution in [0.2, 0.25) is 0 Å². The van der Waals surface area contributed by atoms with Crippen LogP contribution in [-0.2, 0) is 0 Å². The van der Waals surface area contributed by atoms with Gasteiger partial charge in [-0.1, -0.05) is 121 Å². The summed E-state index contributed by atoms with van der Waals surface area (Å²) in [5, 5.41) is 7.68. The van der Waals surface area contributed by atoms with E-state index in [2.05, 4.69) is 216 Å². The van der Waals surface area contributed by atoms with Gasteiger partial charge in [0.05, 0.1) is 11.0 Å². The summed E-state index contributed by atoms with van der Waals surface area (Å²) < 4.78 is 5.03. The third-order valence-electron chi connectivity index (χ3n) is 11.0. The average molecular weight is 719 g/mol. The first kappa shape index (κ1) is 31.6. The van der Waals surface area contributed by atoms with E-state index in [0.717, 1.165) is 22.7 Å². The summed E-state index contributed by atoms with van der Waals surface area (Å²) in [6.07, 6.45) is 0. The molecule has 258 valence electrons. The van der Waals surface area contributed by atoms with Crippen molar-refractivity contribution in [2.45, 2.75) is 0 Å². The van der Waals surface area contributed by atoms with Gasteiger partial charge in [0.15, 0.2) is 0 Å². The number of anilines is 3. The molecule has 3 heteroatoms. The number of rotatable bonds is 6. The van der Waals surface area contributed by atoms with E-state index < -0.39 is 0 Å². The van der Waals surface area contributed by atoms with Gasteiger partial charge in [0.1, 0.15) is 0 Å². The molecule has 11 rings (SSSR count). The third-order valence-corrected chi connectivity index (χ3v) is 12.1. The zero-order valence-electron chi connectivity index (χ0n) is 29.9. The van der Waals surface area contributed by atoms with Gasteiger partial charge in [0.2, 0.25) is 0 Å². The van der Waals surface area contributed by atoms with Crippen molar-refractivity contribution in [3.63, 3.8) is 0 Å². The molecule has 0 spiro atoms. The van der Waals surface area contributed by atoms with Gasteiger partial charge in [-0.05, 0) is 118 Å². The zero-order chi connectivity index (χ0) is 36.3. The molecule has 0 amide bonds. The maximum Gasteiger partial charge on any atom is 0.0541 e. The van der Waals surface area contributed by atoms with Crippen molar-refractivity contribution < 1.29 is 0 Å². The highest BCUT2D eigenvalue weighted by Crippen LogP contribution is 2.40. The highest BCUT2D eigenvalue weighted by atomic mass is 32.1. The van der Waals surface area contributed by atoms with Crippen molar-refractivity contribution in [2.75, 3.05) is 4.90 Å². The van der Waals surface area contributed by atoms with E-state index in [1.54, 1.807) is 0 Å². The molecule has 9 aromatic carbocycles. The van der Waals surface area contributed by atoms with E-state index >= 15 is 0 Å². The fourth-order valence-corrected chi connectivity index (χ4v) is 9.37. The summed E-state index contributed by atoms with van der Waals surface area (Å²) in [5.41, 5.74) is 11.7. The van der Waals surface area contributed by atoms with Crippen LogP contribution in [0.1, 0.15) is 0 Å². The van der Waals surface area contributed by atoms with E-state index in [4.69, 9.17) is 0 Å². The van der Waals surface area contributed by atoms with Gasteiger partial charge in [0.25, 0.3) is 0 Å². The number of thiophene rings is 1. The maximum absolute atomic E-state index is 2.37. The van der Waals surface area contributed by atoms with E-state index in [9.17, 15) is 0 Å². The highest BCUT2D eigenvalue weighted by molar-refractivity contribution is 7.25. The molecule has 0 unspecified atom stereocenters. The van der Waals surface area contributed by atoms with Crippen molar-refractivity contribution in [3.8, 4) is 27.9 Å². The monoisotopic (exact) mass is 718 g/mol. The molecule has 0 N–H and O–H groups in total. The number of hydrogen-bond acceptors (Lipinski definition) is 2. The molecule has 2 aromatic heterocycles. The van der Waals surface area contributed by atoms with Crippen molar-refractivity contribution in [1.82, 2.24) is 4.57 Å². The Kier molecular flexibility index (Phi) is 7.39. The first-order valence-electron chi connectivity index (χ1n) is 18.7. The Morgan fingerprint density at radius 1 is 0.327 bits per heavy atom. The predicted octanol–water partition coefficient (Wildman–Crippen LogP) is 15.1. The van der Waals surface area contributed by atoms with Gasteiger partial charge < -0.3 is 9.47 Å². The van der Waals surface area contributed by atoms with Gasteiger partial charge in [-0.2, -0.15) is 0 Å². The molecule has 2 heterocycles. The molecule has 0 fully saturated rings. The van der Waals surface area contributed by atoms with Crippen LogP contribution in [-0.4, -0.2) is 4.57 Å². The van der Waals surface area contributed by atoms with Gasteiger partial charge in [0, 0.05) is 53.7 Å². The van der Waals surface area contributed by atoms with Crippen LogP contribution in [0.25, 0.3) is 80.7 Å². The molecule has 0 radical (unpaired) electrons. The van der Waals surface area contributed by atoms with Crippen molar-refractivity contribution in [1.29, 1.82) is 0 Å². The second kappa shape index (κ2) is 12.9. The summed E-state index contributed by atoms with van der Waals surface area (Å²) in [4.78, 5) is 2.36. The Hall–Kier alpha value is -6.94. The molecular formula is C52H34N2S. The topological polar surface area (TPSA) is 8.17 Å². The van der Waals surface area contributed by atoms with Crippen LogP contribution in [0.15, 0.2) is 206 Å². The van der Waals surface area contributed by atoms with Crippen LogP contribution < -0.4 is 4.90 Å². The van der Waals surface area contributed by atoms with E-state index in [1.165, 1.54) is 75.0 Å². The normalized spacial score (nSPS) is 11.6. The number of nitrogens with zero attached hydrogens (tertiary/aromatic N) is 2. The number of hydrogen-bond donors (Lipinski definition) is 0. The number of aromatic nitrogens is 1. The second-order valence-electron chi connectivity index (χ2n) is 14.2. The maximum atomic E-state index is 2.37. The van der Waals surface area contributed by atoms with Crippen molar-refractivity contribution in [3.05, 3.63) is 206 Å². The first-order valence-corrected chi connectivity index (χ1v) is 19.6. The third kappa shape index (κ3) is 5.40. The Morgan fingerprint density at radius 3 is 1.45 bits per heavy atom. The summed E-state index contributed by atoms with van der Waals surface area (Å²) in [6.45, 7) is 0. The SMILES string of the molecule is c1ccc2cc(-c3ccc(N(c4ccc(-c5ccc6sc7ccccc7c6c5)cc4)c4ccc(-n5c6ccccc6c6ccccc65)cc4)cc3)ccc2c1. The Bertz CT molecular complexity index is 3130. The molecule has 55 heavy (non-hydrogen) atoms. The molecule has 2 nitrogen and oxygen atoms in total. The molecule has 0 bridgehead atoms. The summed E-state index contributed by atoms with van der Waals surface area (Å²) in [5.74, 6) is 0. The van der Waals surface area contributed by atoms with Gasteiger partial charge in [-0.3, -0.25) is 0 Å². The van der Waals surface area contributed by atoms with E-state index in [-0.39, 0.29) is 0 Å². The number of benzene rings is 9. The lowest BCUT2D eigenvalue weighted by Gasteiger charge is -2.26. The van der Waals surface area contributed by atoms with E-state index in [0.29, 0.717) is 0 Å². The lowest BCUT2D eigenvalue weighted by Crippen LogP contribution is -2.10. The predicted molar refractivity (Wildman–Crippen MR) is 237 cm³/mol. The standard InChI is InChI=1S/C52H34N2S/c1-2-10-38-33-39(18-17-35(38)9-1)36-19-24-41(25-20-36)53(42-26-21-37(22-27-42)40-23-32-52-48(34-40)47-13-5-8-16-51(47)55-52)43-28-30-44(31-29-43)54-49-14-6-3-11-45(49)46-12-4-7-15-50(46)54/h1-34H. The molecule has 0 saturated carbocycles. The Balaban J connectivity index is 0.996. The van der Waals surface area contributed by atoms with Crippen LogP contribution >= 0.6 is 11.3 Å². The summed E-state index contributed by atoms with van der Waals surface area (Å²) >= 11 is 1.86. The molecule has 11 aromatic rings. The van der Waals surface area contributed by atoms with Crippen LogP contribution in [0, 0.1) is 0 Å². The largest absolute Gasteiger partial charge is 0.311 e. The number of para-hydroxylation sites is 2. The molecule has 0 atom stereocenters. The zero-order valence-corrected chi connectivity index (χ0v) is 30.7.